The van der Waals surface area contributed by atoms with Crippen molar-refractivity contribution in [1.29, 1.82) is 0 Å². The number of rotatable bonds is 2. The molecule has 6 heteroatoms. The molecule has 2 aliphatic rings. The molecule has 0 radical (unpaired) electrons. The van der Waals surface area contributed by atoms with E-state index in [1.54, 1.807) is 18.2 Å². The second-order valence-corrected chi connectivity index (χ2v) is 8.43. The van der Waals surface area contributed by atoms with E-state index in [0.717, 1.165) is 48.1 Å². The molecule has 2 aliphatic heterocycles. The van der Waals surface area contributed by atoms with E-state index in [0.29, 0.717) is 0 Å². The number of phenolic OH excluding ortho intramolecular Hbond substituents is 1. The summed E-state index contributed by atoms with van der Waals surface area (Å²) in [5, 5.41) is 13.2. The van der Waals surface area contributed by atoms with Crippen molar-refractivity contribution in [3.8, 4) is 11.5 Å². The van der Waals surface area contributed by atoms with Gasteiger partial charge in [-0.2, -0.15) is 0 Å². The minimum atomic E-state index is -0.269. The number of hydrogen-bond donors (Lipinski definition) is 2. The Morgan fingerprint density at radius 2 is 2.00 bits per heavy atom. The van der Waals surface area contributed by atoms with Crippen LogP contribution in [0, 0.1) is 0 Å². The van der Waals surface area contributed by atoms with Gasteiger partial charge in [-0.15, -0.1) is 0 Å². The molecule has 1 fully saturated rings. The molecule has 1 atom stereocenters. The van der Waals surface area contributed by atoms with Gasteiger partial charge in [0.15, 0.2) is 0 Å². The summed E-state index contributed by atoms with van der Waals surface area (Å²) in [7, 11) is 2.12. The largest absolute Gasteiger partial charge is 0.507 e. The van der Waals surface area contributed by atoms with Gasteiger partial charge < -0.3 is 20.1 Å². The van der Waals surface area contributed by atoms with Crippen LogP contribution in [-0.4, -0.2) is 41.7 Å². The van der Waals surface area contributed by atoms with E-state index in [9.17, 15) is 9.90 Å². The first-order valence-electron chi connectivity index (χ1n) is 9.22. The molecule has 2 heterocycles. The summed E-state index contributed by atoms with van der Waals surface area (Å²) in [5.74, 6) is 0.552. The molecular weight excluding hydrogens is 408 g/mol. The standard InChI is InChI=1S/C21H23BrN2O3/c1-24-10-8-21(9-11-24)13-17(16-12-14(22)6-7-19(16)27-21)23-20(26)15-4-2-3-5-18(15)25/h2-7,12,17,25H,8-11,13H2,1H3,(H,23,26). The van der Waals surface area contributed by atoms with Gasteiger partial charge in [-0.25, -0.2) is 0 Å². The maximum Gasteiger partial charge on any atom is 0.255 e. The summed E-state index contributed by atoms with van der Waals surface area (Å²) in [6.07, 6.45) is 2.59. The lowest BCUT2D eigenvalue weighted by Gasteiger charge is -2.46. The fourth-order valence-electron chi connectivity index (χ4n) is 4.00. The van der Waals surface area contributed by atoms with Gasteiger partial charge in [-0.1, -0.05) is 28.1 Å². The molecule has 4 rings (SSSR count). The van der Waals surface area contributed by atoms with Gasteiger partial charge in [0.05, 0.1) is 11.6 Å². The van der Waals surface area contributed by atoms with Crippen molar-refractivity contribution in [2.24, 2.45) is 0 Å². The molecule has 0 bridgehead atoms. The number of phenols is 1. The highest BCUT2D eigenvalue weighted by molar-refractivity contribution is 9.10. The lowest BCUT2D eigenvalue weighted by molar-refractivity contribution is -0.0196. The normalized spacial score (nSPS) is 21.3. The number of nitrogens with one attached hydrogen (secondary N) is 1. The third kappa shape index (κ3) is 3.69. The summed E-state index contributed by atoms with van der Waals surface area (Å²) in [6, 6.07) is 12.4. The average Bonchev–Trinajstić information content (AvgIpc) is 2.65. The summed E-state index contributed by atoms with van der Waals surface area (Å²) in [4.78, 5) is 15.1. The van der Waals surface area contributed by atoms with Crippen LogP contribution in [0.15, 0.2) is 46.9 Å². The number of amides is 1. The number of piperidine rings is 1. The maximum absolute atomic E-state index is 12.8. The minimum absolute atomic E-state index is 0.00877. The van der Waals surface area contributed by atoms with Crippen molar-refractivity contribution in [3.63, 3.8) is 0 Å². The Kier molecular flexibility index (Phi) is 4.86. The number of halogens is 1. The van der Waals surface area contributed by atoms with Crippen LogP contribution in [-0.2, 0) is 0 Å². The average molecular weight is 431 g/mol. The van der Waals surface area contributed by atoms with Crippen LogP contribution in [0.2, 0.25) is 0 Å². The summed E-state index contributed by atoms with van der Waals surface area (Å²) < 4.78 is 7.41. The van der Waals surface area contributed by atoms with Crippen molar-refractivity contribution in [3.05, 3.63) is 58.1 Å². The molecule has 0 aliphatic carbocycles. The Morgan fingerprint density at radius 3 is 2.74 bits per heavy atom. The van der Waals surface area contributed by atoms with Crippen molar-refractivity contribution in [2.75, 3.05) is 20.1 Å². The number of fused-ring (bicyclic) bond motifs is 1. The number of likely N-dealkylation sites (tertiary alicyclic amines) is 1. The molecule has 2 N–H and O–H groups in total. The van der Waals surface area contributed by atoms with Crippen LogP contribution < -0.4 is 10.1 Å². The number of carbonyl (C=O) groups excluding carboxylic acids is 1. The van der Waals surface area contributed by atoms with Crippen LogP contribution in [0.4, 0.5) is 0 Å². The number of aromatic hydroxyl groups is 1. The smallest absolute Gasteiger partial charge is 0.255 e. The Balaban J connectivity index is 1.65. The van der Waals surface area contributed by atoms with E-state index in [-0.39, 0.29) is 28.9 Å². The highest BCUT2D eigenvalue weighted by Crippen LogP contribution is 2.45. The second kappa shape index (κ2) is 7.17. The fraction of sp³-hybridized carbons (Fsp3) is 0.381. The molecule has 0 aromatic heterocycles. The molecule has 1 amide bonds. The number of ether oxygens (including phenoxy) is 1. The van der Waals surface area contributed by atoms with Gasteiger partial charge in [0.2, 0.25) is 0 Å². The lowest BCUT2D eigenvalue weighted by Crippen LogP contribution is -2.51. The molecule has 2 aromatic carbocycles. The lowest BCUT2D eigenvalue weighted by atomic mass is 9.80. The number of nitrogens with zero attached hydrogens (tertiary/aromatic N) is 1. The number of para-hydroxylation sites is 1. The van der Waals surface area contributed by atoms with Crippen molar-refractivity contribution in [1.82, 2.24) is 10.2 Å². The monoisotopic (exact) mass is 430 g/mol. The van der Waals surface area contributed by atoms with Gasteiger partial charge in [-0.3, -0.25) is 4.79 Å². The molecule has 27 heavy (non-hydrogen) atoms. The van der Waals surface area contributed by atoms with Gasteiger partial charge in [-0.05, 0) is 50.2 Å². The van der Waals surface area contributed by atoms with Crippen LogP contribution in [0.5, 0.6) is 11.5 Å². The highest BCUT2D eigenvalue weighted by atomic mass is 79.9. The first kappa shape index (κ1) is 18.3. The Hall–Kier alpha value is -2.05. The van der Waals surface area contributed by atoms with E-state index in [4.69, 9.17) is 4.74 Å². The van der Waals surface area contributed by atoms with Crippen molar-refractivity contribution >= 4 is 21.8 Å². The number of hydrogen-bond acceptors (Lipinski definition) is 4. The third-order valence-corrected chi connectivity index (χ3v) is 6.10. The summed E-state index contributed by atoms with van der Waals surface area (Å²) in [6.45, 7) is 1.96. The first-order chi connectivity index (χ1) is 13.0. The van der Waals surface area contributed by atoms with Gasteiger partial charge in [0.1, 0.15) is 17.1 Å². The summed E-state index contributed by atoms with van der Waals surface area (Å²) in [5.41, 5.74) is 1.000. The predicted octanol–water partition coefficient (Wildman–Crippen LogP) is 3.87. The van der Waals surface area contributed by atoms with Crippen molar-refractivity contribution in [2.45, 2.75) is 30.9 Å². The van der Waals surface area contributed by atoms with E-state index in [1.165, 1.54) is 6.07 Å². The number of benzene rings is 2. The predicted molar refractivity (Wildman–Crippen MR) is 107 cm³/mol. The zero-order valence-electron chi connectivity index (χ0n) is 15.2. The van der Waals surface area contributed by atoms with E-state index >= 15 is 0 Å². The highest BCUT2D eigenvalue weighted by Gasteiger charge is 2.43. The fourth-order valence-corrected chi connectivity index (χ4v) is 4.38. The number of carbonyl (C=O) groups is 1. The molecule has 0 saturated carbocycles. The Morgan fingerprint density at radius 1 is 1.26 bits per heavy atom. The SMILES string of the molecule is CN1CCC2(CC1)CC(NC(=O)c1ccccc1O)c1cc(Br)ccc1O2. The van der Waals surface area contributed by atoms with Gasteiger partial charge in [0, 0.05) is 29.5 Å². The molecular formula is C21H23BrN2O3. The Labute approximate surface area is 167 Å². The summed E-state index contributed by atoms with van der Waals surface area (Å²) >= 11 is 3.52. The maximum atomic E-state index is 12.8. The molecule has 1 unspecified atom stereocenters. The topological polar surface area (TPSA) is 61.8 Å². The van der Waals surface area contributed by atoms with E-state index < -0.39 is 0 Å². The van der Waals surface area contributed by atoms with E-state index in [1.807, 2.05) is 18.2 Å². The quantitative estimate of drug-likeness (QED) is 0.758. The van der Waals surface area contributed by atoms with Crippen molar-refractivity contribution < 1.29 is 14.6 Å². The zero-order chi connectivity index (χ0) is 19.0. The molecule has 1 saturated heterocycles. The van der Waals surface area contributed by atoms with E-state index in [2.05, 4.69) is 33.2 Å². The molecule has 1 spiro atoms. The first-order valence-corrected chi connectivity index (χ1v) is 10.0. The van der Waals surface area contributed by atoms with Gasteiger partial charge in [0.25, 0.3) is 5.91 Å². The molecule has 2 aromatic rings. The third-order valence-electron chi connectivity index (χ3n) is 5.60. The van der Waals surface area contributed by atoms with Gasteiger partial charge >= 0.3 is 0 Å². The van der Waals surface area contributed by atoms with Crippen LogP contribution >= 0.6 is 15.9 Å². The Bertz CT molecular complexity index is 862. The minimum Gasteiger partial charge on any atom is -0.507 e. The van der Waals surface area contributed by atoms with Crippen LogP contribution in [0.3, 0.4) is 0 Å². The second-order valence-electron chi connectivity index (χ2n) is 7.52. The van der Waals surface area contributed by atoms with Crippen LogP contribution in [0.25, 0.3) is 0 Å². The molecule has 142 valence electrons. The molecule has 5 nitrogen and oxygen atoms in total. The van der Waals surface area contributed by atoms with Crippen LogP contribution in [0.1, 0.15) is 41.2 Å². The zero-order valence-corrected chi connectivity index (χ0v) is 16.8.